The van der Waals surface area contributed by atoms with Gasteiger partial charge in [-0.25, -0.2) is 0 Å². The van der Waals surface area contributed by atoms with Crippen LogP contribution >= 0.6 is 0 Å². The minimum atomic E-state index is -0.796. The van der Waals surface area contributed by atoms with Crippen LogP contribution in [0.3, 0.4) is 0 Å². The van der Waals surface area contributed by atoms with E-state index >= 15 is 0 Å². The molecule has 0 N–H and O–H groups in total. The van der Waals surface area contributed by atoms with Gasteiger partial charge in [0, 0.05) is 19.3 Å². The molecule has 0 heterocycles. The summed E-state index contributed by atoms with van der Waals surface area (Å²) in [5.74, 6) is -0.953. The van der Waals surface area contributed by atoms with Crippen molar-refractivity contribution >= 4 is 17.9 Å². The van der Waals surface area contributed by atoms with E-state index in [0.29, 0.717) is 19.3 Å². The smallest absolute Gasteiger partial charge is 0.306 e. The van der Waals surface area contributed by atoms with E-state index in [-0.39, 0.29) is 31.1 Å². The number of carbonyl (C=O) groups is 3. The molecule has 60 heavy (non-hydrogen) atoms. The van der Waals surface area contributed by atoms with E-state index in [1.807, 2.05) is 60.8 Å². The molecule has 0 saturated heterocycles. The largest absolute Gasteiger partial charge is 0.462 e. The second kappa shape index (κ2) is 48.3. The van der Waals surface area contributed by atoms with Gasteiger partial charge in [-0.1, -0.05) is 221 Å². The van der Waals surface area contributed by atoms with Crippen LogP contribution < -0.4 is 0 Å². The summed E-state index contributed by atoms with van der Waals surface area (Å²) >= 11 is 0. The zero-order valence-electron chi connectivity index (χ0n) is 38.9. The standard InChI is InChI=1S/C54H90O6/c1-4-7-10-13-16-19-21-23-25-27-29-30-32-35-38-41-44-47-53(56)59-50-51(49-58-52(55)46-43-40-37-34-18-15-12-9-6-3)60-54(57)48-45-42-39-36-33-31-28-26-24-22-20-17-14-11-8-5-2/h7,10,13,16,19,21,23,25-30,32,51H,4-6,8-9,11-12,14-15,17-18,20,22,24,31,33-50H2,1-3H3/b10-7-,16-13-,21-19-,25-23-,28-26-,29-27+,32-30-. The number of esters is 3. The van der Waals surface area contributed by atoms with Gasteiger partial charge in [0.2, 0.25) is 0 Å². The van der Waals surface area contributed by atoms with Crippen molar-refractivity contribution in [2.24, 2.45) is 0 Å². The lowest BCUT2D eigenvalue weighted by Crippen LogP contribution is -2.30. The average Bonchev–Trinajstić information content (AvgIpc) is 3.24. The molecule has 6 heteroatoms. The molecular weight excluding hydrogens is 745 g/mol. The molecule has 0 aliphatic heterocycles. The Labute approximate surface area is 369 Å². The maximum Gasteiger partial charge on any atom is 0.306 e. The van der Waals surface area contributed by atoms with Crippen LogP contribution in [0.1, 0.15) is 220 Å². The lowest BCUT2D eigenvalue weighted by molar-refractivity contribution is -0.167. The second-order valence-electron chi connectivity index (χ2n) is 16.1. The first-order chi connectivity index (χ1) is 29.5. The molecule has 0 aliphatic rings. The Balaban J connectivity index is 4.46. The number of hydrogen-bond acceptors (Lipinski definition) is 6. The summed E-state index contributed by atoms with van der Waals surface area (Å²) in [6.07, 6.45) is 61.3. The van der Waals surface area contributed by atoms with Crippen molar-refractivity contribution in [3.8, 4) is 0 Å². The number of rotatable bonds is 43. The normalized spacial score (nSPS) is 12.8. The van der Waals surface area contributed by atoms with Crippen LogP contribution in [0.25, 0.3) is 0 Å². The maximum atomic E-state index is 12.8. The summed E-state index contributed by atoms with van der Waals surface area (Å²) < 4.78 is 16.7. The van der Waals surface area contributed by atoms with E-state index in [1.54, 1.807) is 0 Å². The predicted molar refractivity (Wildman–Crippen MR) is 256 cm³/mol. The molecule has 0 saturated carbocycles. The van der Waals surface area contributed by atoms with Crippen LogP contribution in [0.15, 0.2) is 85.1 Å². The summed E-state index contributed by atoms with van der Waals surface area (Å²) in [5.41, 5.74) is 0. The topological polar surface area (TPSA) is 78.9 Å². The summed E-state index contributed by atoms with van der Waals surface area (Å²) in [4.78, 5) is 37.8. The molecule has 0 aromatic carbocycles. The molecule has 0 aromatic heterocycles. The van der Waals surface area contributed by atoms with E-state index in [4.69, 9.17) is 14.2 Å². The Morgan fingerprint density at radius 3 is 1.08 bits per heavy atom. The van der Waals surface area contributed by atoms with Gasteiger partial charge < -0.3 is 14.2 Å². The minimum Gasteiger partial charge on any atom is -0.462 e. The summed E-state index contributed by atoms with van der Waals surface area (Å²) in [7, 11) is 0. The van der Waals surface area contributed by atoms with Gasteiger partial charge in [0.1, 0.15) is 13.2 Å². The third-order valence-electron chi connectivity index (χ3n) is 10.3. The van der Waals surface area contributed by atoms with Crippen LogP contribution in [0.2, 0.25) is 0 Å². The molecule has 0 aliphatic carbocycles. The molecule has 0 rings (SSSR count). The van der Waals surface area contributed by atoms with Gasteiger partial charge in [-0.3, -0.25) is 14.4 Å². The number of allylic oxidation sites excluding steroid dienone is 14. The number of hydrogen-bond donors (Lipinski definition) is 0. The van der Waals surface area contributed by atoms with Crippen molar-refractivity contribution in [1.82, 2.24) is 0 Å². The van der Waals surface area contributed by atoms with Crippen LogP contribution in [0.5, 0.6) is 0 Å². The van der Waals surface area contributed by atoms with Crippen LogP contribution in [0.4, 0.5) is 0 Å². The first-order valence-electron chi connectivity index (χ1n) is 24.7. The fourth-order valence-corrected chi connectivity index (χ4v) is 6.58. The van der Waals surface area contributed by atoms with Crippen molar-refractivity contribution in [2.75, 3.05) is 13.2 Å². The summed E-state index contributed by atoms with van der Waals surface area (Å²) in [5, 5.41) is 0. The number of unbranched alkanes of at least 4 members (excludes halogenated alkanes) is 23. The van der Waals surface area contributed by atoms with Crippen LogP contribution in [-0.4, -0.2) is 37.2 Å². The lowest BCUT2D eigenvalue weighted by Gasteiger charge is -2.18. The Kier molecular flexibility index (Phi) is 45.5. The van der Waals surface area contributed by atoms with Gasteiger partial charge in [0.05, 0.1) is 0 Å². The molecule has 1 unspecified atom stereocenters. The third-order valence-corrected chi connectivity index (χ3v) is 10.3. The van der Waals surface area contributed by atoms with Crippen LogP contribution in [0, 0.1) is 0 Å². The first kappa shape index (κ1) is 56.6. The Hall–Kier alpha value is -3.41. The molecular formula is C54H90O6. The molecule has 0 radical (unpaired) electrons. The molecule has 0 amide bonds. The molecule has 6 nitrogen and oxygen atoms in total. The van der Waals surface area contributed by atoms with Crippen molar-refractivity contribution in [3.05, 3.63) is 85.1 Å². The quantitative estimate of drug-likeness (QED) is 0.0200. The molecule has 0 aromatic rings. The highest BCUT2D eigenvalue weighted by Crippen LogP contribution is 2.14. The predicted octanol–water partition coefficient (Wildman–Crippen LogP) is 16.0. The van der Waals surface area contributed by atoms with E-state index in [0.717, 1.165) is 83.5 Å². The zero-order chi connectivity index (χ0) is 43.7. The molecule has 342 valence electrons. The molecule has 0 bridgehead atoms. The molecule has 1 atom stereocenters. The van der Waals surface area contributed by atoms with Gasteiger partial charge >= 0.3 is 17.9 Å². The number of carbonyl (C=O) groups excluding carboxylic acids is 3. The van der Waals surface area contributed by atoms with Gasteiger partial charge in [-0.15, -0.1) is 0 Å². The average molecular weight is 835 g/mol. The fraction of sp³-hybridized carbons (Fsp3) is 0.685. The highest BCUT2D eigenvalue weighted by atomic mass is 16.6. The van der Waals surface area contributed by atoms with E-state index < -0.39 is 6.10 Å². The van der Waals surface area contributed by atoms with Gasteiger partial charge in [0.15, 0.2) is 6.10 Å². The maximum absolute atomic E-state index is 12.8. The lowest BCUT2D eigenvalue weighted by atomic mass is 10.1. The highest BCUT2D eigenvalue weighted by Gasteiger charge is 2.19. The fourth-order valence-electron chi connectivity index (χ4n) is 6.58. The highest BCUT2D eigenvalue weighted by molar-refractivity contribution is 5.71. The van der Waals surface area contributed by atoms with Gasteiger partial charge in [-0.2, -0.15) is 0 Å². The monoisotopic (exact) mass is 835 g/mol. The van der Waals surface area contributed by atoms with Gasteiger partial charge in [0.25, 0.3) is 0 Å². The van der Waals surface area contributed by atoms with E-state index in [9.17, 15) is 14.4 Å². The van der Waals surface area contributed by atoms with Gasteiger partial charge in [-0.05, 0) is 64.2 Å². The Morgan fingerprint density at radius 2 is 0.667 bits per heavy atom. The van der Waals surface area contributed by atoms with Crippen molar-refractivity contribution in [2.45, 2.75) is 226 Å². The summed E-state index contributed by atoms with van der Waals surface area (Å²) in [6.45, 7) is 6.42. The van der Waals surface area contributed by atoms with E-state index in [2.05, 4.69) is 45.1 Å². The van der Waals surface area contributed by atoms with Crippen LogP contribution in [-0.2, 0) is 28.6 Å². The van der Waals surface area contributed by atoms with E-state index in [1.165, 1.54) is 96.3 Å². The molecule has 0 spiro atoms. The zero-order valence-corrected chi connectivity index (χ0v) is 38.9. The SMILES string of the molecule is CC\C=C/C=C\C=C/C=C\C=C\C=C/CCCCCC(=O)OCC(COC(=O)CCCCCCCCCCC)OC(=O)CCCCCCC/C=C\CCCCCCCCC. The van der Waals surface area contributed by atoms with Crippen molar-refractivity contribution in [3.63, 3.8) is 0 Å². The van der Waals surface area contributed by atoms with Crippen molar-refractivity contribution in [1.29, 1.82) is 0 Å². The Morgan fingerprint density at radius 1 is 0.350 bits per heavy atom. The number of ether oxygens (including phenoxy) is 3. The first-order valence-corrected chi connectivity index (χ1v) is 24.7. The van der Waals surface area contributed by atoms with Crippen molar-refractivity contribution < 1.29 is 28.6 Å². The molecule has 0 fully saturated rings. The Bertz CT molecular complexity index is 1190. The third kappa shape index (κ3) is 45.7. The minimum absolute atomic E-state index is 0.0939. The second-order valence-corrected chi connectivity index (χ2v) is 16.1. The summed E-state index contributed by atoms with van der Waals surface area (Å²) in [6, 6.07) is 0.